The molecule has 1 aliphatic heterocycles. The van der Waals surface area contributed by atoms with Crippen molar-refractivity contribution in [3.63, 3.8) is 0 Å². The second-order valence-electron chi connectivity index (χ2n) is 3.60. The van der Waals surface area contributed by atoms with Gasteiger partial charge in [0.05, 0.1) is 6.61 Å². The molecule has 0 bridgehead atoms. The van der Waals surface area contributed by atoms with Crippen LogP contribution < -0.4 is 4.90 Å². The molecule has 0 unspecified atom stereocenters. The van der Waals surface area contributed by atoms with Gasteiger partial charge < -0.3 is 10.0 Å². The summed E-state index contributed by atoms with van der Waals surface area (Å²) >= 11 is 0. The first-order valence-electron chi connectivity index (χ1n) is 4.70. The second kappa shape index (κ2) is 3.42. The largest absolute Gasteiger partial charge is 0.392 e. The topological polar surface area (TPSA) is 40.5 Å². The Labute approximate surface area is 83.0 Å². The molecule has 1 aromatic carbocycles. The zero-order chi connectivity index (χ0) is 10.1. The van der Waals surface area contributed by atoms with Crippen molar-refractivity contribution in [3.05, 3.63) is 29.3 Å². The number of aliphatic hydroxyl groups is 1. The molecule has 74 valence electrons. The molecule has 1 heterocycles. The lowest BCUT2D eigenvalue weighted by Crippen LogP contribution is -2.28. The molecular weight excluding hydrogens is 178 g/mol. The van der Waals surface area contributed by atoms with E-state index in [2.05, 4.69) is 4.90 Å². The van der Waals surface area contributed by atoms with Crippen LogP contribution in [0.5, 0.6) is 0 Å². The lowest BCUT2D eigenvalue weighted by Gasteiger charge is -2.26. The van der Waals surface area contributed by atoms with Gasteiger partial charge in [0.15, 0.2) is 5.78 Å². The van der Waals surface area contributed by atoms with Crippen molar-refractivity contribution in [3.8, 4) is 0 Å². The maximum Gasteiger partial charge on any atom is 0.166 e. The number of anilines is 1. The maximum absolute atomic E-state index is 11.5. The molecule has 0 aliphatic carbocycles. The molecule has 0 aromatic heterocycles. The molecule has 1 N–H and O–H groups in total. The van der Waals surface area contributed by atoms with Crippen LogP contribution in [0, 0.1) is 0 Å². The van der Waals surface area contributed by atoms with Gasteiger partial charge in [-0.2, -0.15) is 0 Å². The van der Waals surface area contributed by atoms with Crippen LogP contribution in [0.15, 0.2) is 18.2 Å². The van der Waals surface area contributed by atoms with Gasteiger partial charge in [-0.15, -0.1) is 0 Å². The molecule has 14 heavy (non-hydrogen) atoms. The summed E-state index contributed by atoms with van der Waals surface area (Å²) in [4.78, 5) is 13.6. The van der Waals surface area contributed by atoms with Crippen molar-refractivity contribution in [2.24, 2.45) is 0 Å². The van der Waals surface area contributed by atoms with Crippen LogP contribution >= 0.6 is 0 Å². The minimum absolute atomic E-state index is 0.0231. The van der Waals surface area contributed by atoms with Gasteiger partial charge in [-0.1, -0.05) is 6.07 Å². The number of hydrogen-bond donors (Lipinski definition) is 1. The molecule has 0 amide bonds. The predicted octanol–water partition coefficient (Wildman–Crippen LogP) is 1.20. The number of benzene rings is 1. The van der Waals surface area contributed by atoms with Gasteiger partial charge in [-0.3, -0.25) is 4.79 Å². The zero-order valence-corrected chi connectivity index (χ0v) is 8.16. The van der Waals surface area contributed by atoms with Gasteiger partial charge in [-0.05, 0) is 17.7 Å². The lowest BCUT2D eigenvalue weighted by molar-refractivity contribution is 0.0980. The summed E-state index contributed by atoms with van der Waals surface area (Å²) in [6.07, 6.45) is 0.585. The highest BCUT2D eigenvalue weighted by Crippen LogP contribution is 2.26. The first kappa shape index (κ1) is 9.21. The highest BCUT2D eigenvalue weighted by molar-refractivity contribution is 6.03. The van der Waals surface area contributed by atoms with E-state index in [1.54, 1.807) is 12.1 Å². The summed E-state index contributed by atoms with van der Waals surface area (Å²) in [5.41, 5.74) is 2.56. The third-order valence-electron chi connectivity index (χ3n) is 2.63. The van der Waals surface area contributed by atoms with Crippen molar-refractivity contribution in [1.82, 2.24) is 0 Å². The number of Topliss-reactive ketones (excluding diaryl/α,β-unsaturated/α-hetero) is 1. The van der Waals surface area contributed by atoms with E-state index in [0.29, 0.717) is 6.42 Å². The molecule has 0 spiro atoms. The normalized spacial score (nSPS) is 15.6. The van der Waals surface area contributed by atoms with Crippen LogP contribution in [0.1, 0.15) is 22.3 Å². The summed E-state index contributed by atoms with van der Waals surface area (Å²) in [5, 5.41) is 8.99. The van der Waals surface area contributed by atoms with E-state index in [9.17, 15) is 4.79 Å². The number of nitrogens with zero attached hydrogens (tertiary/aromatic N) is 1. The molecular formula is C11H13NO2. The third-order valence-corrected chi connectivity index (χ3v) is 2.63. The first-order valence-corrected chi connectivity index (χ1v) is 4.70. The highest BCUT2D eigenvalue weighted by atomic mass is 16.3. The smallest absolute Gasteiger partial charge is 0.166 e. The molecule has 0 atom stereocenters. The Bertz CT molecular complexity index is 374. The predicted molar refractivity (Wildman–Crippen MR) is 54.6 cm³/mol. The van der Waals surface area contributed by atoms with Crippen LogP contribution in [0.4, 0.5) is 5.69 Å². The fourth-order valence-corrected chi connectivity index (χ4v) is 1.75. The monoisotopic (exact) mass is 191 g/mol. The number of fused-ring (bicyclic) bond motifs is 1. The van der Waals surface area contributed by atoms with E-state index in [0.717, 1.165) is 23.4 Å². The number of carbonyl (C=O) groups excluding carboxylic acids is 1. The molecule has 0 saturated carbocycles. The van der Waals surface area contributed by atoms with Gasteiger partial charge >= 0.3 is 0 Å². The Morgan fingerprint density at radius 2 is 2.29 bits per heavy atom. The molecule has 0 radical (unpaired) electrons. The van der Waals surface area contributed by atoms with Crippen LogP contribution in [0.3, 0.4) is 0 Å². The SMILES string of the molecule is CN1CCC(=O)c2ccc(CO)cc21. The van der Waals surface area contributed by atoms with Crippen LogP contribution in [-0.4, -0.2) is 24.5 Å². The Kier molecular flexibility index (Phi) is 2.25. The number of ketones is 1. The second-order valence-corrected chi connectivity index (χ2v) is 3.60. The van der Waals surface area contributed by atoms with Crippen molar-refractivity contribution < 1.29 is 9.90 Å². The lowest BCUT2D eigenvalue weighted by atomic mass is 9.99. The minimum atomic E-state index is 0.0231. The Morgan fingerprint density at radius 3 is 3.00 bits per heavy atom. The van der Waals surface area contributed by atoms with Crippen LogP contribution in [0.2, 0.25) is 0 Å². The zero-order valence-electron chi connectivity index (χ0n) is 8.16. The molecule has 2 rings (SSSR count). The van der Waals surface area contributed by atoms with E-state index in [1.165, 1.54) is 0 Å². The van der Waals surface area contributed by atoms with Crippen LogP contribution in [-0.2, 0) is 6.61 Å². The third kappa shape index (κ3) is 1.40. The van der Waals surface area contributed by atoms with Crippen molar-refractivity contribution in [2.75, 3.05) is 18.5 Å². The maximum atomic E-state index is 11.5. The molecule has 0 fully saturated rings. The molecule has 3 heteroatoms. The summed E-state index contributed by atoms with van der Waals surface area (Å²) < 4.78 is 0. The van der Waals surface area contributed by atoms with E-state index in [1.807, 2.05) is 13.1 Å². The van der Waals surface area contributed by atoms with Gasteiger partial charge in [-0.25, -0.2) is 0 Å². The van der Waals surface area contributed by atoms with E-state index in [-0.39, 0.29) is 12.4 Å². The van der Waals surface area contributed by atoms with Crippen LogP contribution in [0.25, 0.3) is 0 Å². The van der Waals surface area contributed by atoms with Gasteiger partial charge in [0.25, 0.3) is 0 Å². The van der Waals surface area contributed by atoms with Crippen molar-refractivity contribution in [1.29, 1.82) is 0 Å². The van der Waals surface area contributed by atoms with Crippen molar-refractivity contribution >= 4 is 11.5 Å². The molecule has 1 aliphatic rings. The highest BCUT2D eigenvalue weighted by Gasteiger charge is 2.20. The number of carbonyl (C=O) groups is 1. The Balaban J connectivity index is 2.50. The standard InChI is InChI=1S/C11H13NO2/c1-12-5-4-11(14)9-3-2-8(7-13)6-10(9)12/h2-3,6,13H,4-5,7H2,1H3. The summed E-state index contributed by atoms with van der Waals surface area (Å²) in [7, 11) is 1.96. The number of aliphatic hydroxyl groups excluding tert-OH is 1. The van der Waals surface area contributed by atoms with E-state index < -0.39 is 0 Å². The van der Waals surface area contributed by atoms with Gasteiger partial charge in [0.2, 0.25) is 0 Å². The first-order chi connectivity index (χ1) is 6.72. The quantitative estimate of drug-likeness (QED) is 0.725. The number of rotatable bonds is 1. The fraction of sp³-hybridized carbons (Fsp3) is 0.364. The Morgan fingerprint density at radius 1 is 1.50 bits per heavy atom. The molecule has 1 aromatic rings. The van der Waals surface area contributed by atoms with Gasteiger partial charge in [0, 0.05) is 31.3 Å². The molecule has 0 saturated heterocycles. The van der Waals surface area contributed by atoms with Crippen molar-refractivity contribution in [2.45, 2.75) is 13.0 Å². The fourth-order valence-electron chi connectivity index (χ4n) is 1.75. The number of hydrogen-bond acceptors (Lipinski definition) is 3. The van der Waals surface area contributed by atoms with E-state index in [4.69, 9.17) is 5.11 Å². The van der Waals surface area contributed by atoms with E-state index >= 15 is 0 Å². The summed E-state index contributed by atoms with van der Waals surface area (Å²) in [6.45, 7) is 0.788. The summed E-state index contributed by atoms with van der Waals surface area (Å²) in [6, 6.07) is 5.49. The average Bonchev–Trinajstić information content (AvgIpc) is 2.23. The average molecular weight is 191 g/mol. The molecule has 3 nitrogen and oxygen atoms in total. The van der Waals surface area contributed by atoms with Gasteiger partial charge in [0.1, 0.15) is 0 Å². The summed E-state index contributed by atoms with van der Waals surface area (Å²) in [5.74, 6) is 0.197. The Hall–Kier alpha value is -1.35. The minimum Gasteiger partial charge on any atom is -0.392 e.